The molecule has 1 saturated carbocycles. The van der Waals surface area contributed by atoms with Gasteiger partial charge in [-0.25, -0.2) is 0 Å². The molecule has 1 amide bonds. The summed E-state index contributed by atoms with van der Waals surface area (Å²) in [7, 11) is 1.84. The Hall–Kier alpha value is -1.14. The summed E-state index contributed by atoms with van der Waals surface area (Å²) in [6.07, 6.45) is 4.76. The minimum Gasteiger partial charge on any atom is -0.378 e. The van der Waals surface area contributed by atoms with Crippen LogP contribution >= 0.6 is 11.5 Å². The van der Waals surface area contributed by atoms with Crippen LogP contribution in [0.5, 0.6) is 0 Å². The number of carbonyl (C=O) groups is 1. The summed E-state index contributed by atoms with van der Waals surface area (Å²) in [5, 5.41) is 3.95. The number of aromatic nitrogens is 1. The third-order valence-electron chi connectivity index (χ3n) is 4.30. The number of fused-ring (bicyclic) bond motifs is 1. The van der Waals surface area contributed by atoms with Crippen LogP contribution in [0.15, 0.2) is 0 Å². The summed E-state index contributed by atoms with van der Waals surface area (Å²) in [6.45, 7) is 3.25. The van der Waals surface area contributed by atoms with Crippen LogP contribution < -0.4 is 5.32 Å². The van der Waals surface area contributed by atoms with Gasteiger partial charge in [0, 0.05) is 13.6 Å². The van der Waals surface area contributed by atoms with Crippen molar-refractivity contribution in [3.63, 3.8) is 0 Å². The molecule has 0 bridgehead atoms. The van der Waals surface area contributed by atoms with E-state index in [1.54, 1.807) is 0 Å². The Morgan fingerprint density at radius 1 is 1.45 bits per heavy atom. The smallest absolute Gasteiger partial charge is 0.259 e. The SMILES string of the molecule is CNc1snc(C)c1C(=O)N1CCO[C@@H]2CCCC[C@@H]21. The number of nitrogens with zero attached hydrogens (tertiary/aromatic N) is 2. The zero-order valence-corrected chi connectivity index (χ0v) is 12.8. The number of hydrogen-bond donors (Lipinski definition) is 1. The van der Waals surface area contributed by atoms with E-state index in [1.165, 1.54) is 24.4 Å². The Kier molecular flexibility index (Phi) is 3.94. The quantitative estimate of drug-likeness (QED) is 0.909. The van der Waals surface area contributed by atoms with Crippen LogP contribution in [-0.2, 0) is 4.74 Å². The maximum Gasteiger partial charge on any atom is 0.259 e. The van der Waals surface area contributed by atoms with Crippen LogP contribution in [-0.4, -0.2) is 47.5 Å². The van der Waals surface area contributed by atoms with E-state index in [-0.39, 0.29) is 18.1 Å². The number of nitrogens with one attached hydrogen (secondary N) is 1. The van der Waals surface area contributed by atoms with Crippen molar-refractivity contribution in [3.8, 4) is 0 Å². The summed E-state index contributed by atoms with van der Waals surface area (Å²) in [5.74, 6) is 0.112. The highest BCUT2D eigenvalue weighted by Gasteiger charge is 2.38. The minimum atomic E-state index is 0.112. The zero-order valence-electron chi connectivity index (χ0n) is 12.0. The third kappa shape index (κ3) is 2.31. The average molecular weight is 295 g/mol. The lowest BCUT2D eigenvalue weighted by atomic mass is 9.89. The second-order valence-electron chi connectivity index (χ2n) is 5.48. The molecule has 1 aliphatic carbocycles. The molecular formula is C14H21N3O2S. The van der Waals surface area contributed by atoms with Gasteiger partial charge in [0.2, 0.25) is 0 Å². The molecule has 1 aliphatic heterocycles. The van der Waals surface area contributed by atoms with Crippen molar-refractivity contribution in [1.82, 2.24) is 9.27 Å². The van der Waals surface area contributed by atoms with Gasteiger partial charge in [-0.15, -0.1) is 0 Å². The number of rotatable bonds is 2. The van der Waals surface area contributed by atoms with Crippen LogP contribution in [0.3, 0.4) is 0 Å². The van der Waals surface area contributed by atoms with Gasteiger partial charge in [-0.05, 0) is 31.3 Å². The van der Waals surface area contributed by atoms with Crippen LogP contribution in [0.2, 0.25) is 0 Å². The van der Waals surface area contributed by atoms with Crippen molar-refractivity contribution < 1.29 is 9.53 Å². The molecule has 110 valence electrons. The first-order chi connectivity index (χ1) is 9.72. The summed E-state index contributed by atoms with van der Waals surface area (Å²) >= 11 is 1.36. The molecule has 2 heterocycles. The van der Waals surface area contributed by atoms with E-state index in [4.69, 9.17) is 4.74 Å². The van der Waals surface area contributed by atoms with E-state index >= 15 is 0 Å². The molecule has 2 aliphatic rings. The number of amides is 1. The van der Waals surface area contributed by atoms with Gasteiger partial charge in [0.15, 0.2) is 0 Å². The third-order valence-corrected chi connectivity index (χ3v) is 5.25. The maximum absolute atomic E-state index is 12.9. The Bertz CT molecular complexity index is 501. The molecule has 1 aromatic heterocycles. The van der Waals surface area contributed by atoms with E-state index in [0.29, 0.717) is 13.2 Å². The van der Waals surface area contributed by atoms with Crippen LogP contribution in [0.1, 0.15) is 41.7 Å². The van der Waals surface area contributed by atoms with Gasteiger partial charge < -0.3 is 15.0 Å². The maximum atomic E-state index is 12.9. The minimum absolute atomic E-state index is 0.112. The van der Waals surface area contributed by atoms with Gasteiger partial charge in [0.25, 0.3) is 5.91 Å². The molecule has 1 N–H and O–H groups in total. The zero-order chi connectivity index (χ0) is 14.1. The highest BCUT2D eigenvalue weighted by atomic mass is 32.1. The molecule has 5 nitrogen and oxygen atoms in total. The fraction of sp³-hybridized carbons (Fsp3) is 0.714. The normalized spacial score (nSPS) is 26.2. The van der Waals surface area contributed by atoms with E-state index in [0.717, 1.165) is 29.1 Å². The molecule has 1 aromatic rings. The molecule has 6 heteroatoms. The molecular weight excluding hydrogens is 274 g/mol. The van der Waals surface area contributed by atoms with Crippen molar-refractivity contribution in [2.45, 2.75) is 44.8 Å². The Labute approximate surface area is 123 Å². The van der Waals surface area contributed by atoms with Gasteiger partial charge in [0.1, 0.15) is 5.00 Å². The molecule has 2 atom stereocenters. The molecule has 0 spiro atoms. The topological polar surface area (TPSA) is 54.5 Å². The van der Waals surface area contributed by atoms with Crippen LogP contribution in [0.4, 0.5) is 5.00 Å². The molecule has 0 aromatic carbocycles. The lowest BCUT2D eigenvalue weighted by Gasteiger charge is -2.43. The number of aryl methyl sites for hydroxylation is 1. The van der Waals surface area contributed by atoms with Crippen molar-refractivity contribution in [1.29, 1.82) is 0 Å². The molecule has 1 saturated heterocycles. The molecule has 20 heavy (non-hydrogen) atoms. The number of hydrogen-bond acceptors (Lipinski definition) is 5. The van der Waals surface area contributed by atoms with Crippen LogP contribution in [0, 0.1) is 6.92 Å². The summed E-state index contributed by atoms with van der Waals surface area (Å²) < 4.78 is 10.2. The van der Waals surface area contributed by atoms with E-state index in [1.807, 2.05) is 18.9 Å². The second-order valence-corrected chi connectivity index (χ2v) is 6.26. The second kappa shape index (κ2) is 5.69. The predicted octanol–water partition coefficient (Wildman–Crippen LogP) is 2.28. The summed E-state index contributed by atoms with van der Waals surface area (Å²) in [4.78, 5) is 14.9. The van der Waals surface area contributed by atoms with E-state index in [2.05, 4.69) is 9.69 Å². The van der Waals surface area contributed by atoms with Crippen molar-refractivity contribution in [3.05, 3.63) is 11.3 Å². The van der Waals surface area contributed by atoms with E-state index < -0.39 is 0 Å². The lowest BCUT2D eigenvalue weighted by molar-refractivity contribution is -0.0752. The van der Waals surface area contributed by atoms with Crippen molar-refractivity contribution in [2.24, 2.45) is 0 Å². The van der Waals surface area contributed by atoms with Crippen molar-refractivity contribution in [2.75, 3.05) is 25.5 Å². The highest BCUT2D eigenvalue weighted by molar-refractivity contribution is 7.10. The highest BCUT2D eigenvalue weighted by Crippen LogP contribution is 2.32. The number of morpholine rings is 1. The number of carbonyl (C=O) groups excluding carboxylic acids is 1. The van der Waals surface area contributed by atoms with Gasteiger partial charge in [0.05, 0.1) is 30.0 Å². The summed E-state index contributed by atoms with van der Waals surface area (Å²) in [5.41, 5.74) is 1.56. The van der Waals surface area contributed by atoms with Gasteiger partial charge in [-0.2, -0.15) is 4.37 Å². The van der Waals surface area contributed by atoms with Gasteiger partial charge >= 0.3 is 0 Å². The Morgan fingerprint density at radius 2 is 2.25 bits per heavy atom. The predicted molar refractivity (Wildman–Crippen MR) is 79.4 cm³/mol. The fourth-order valence-electron chi connectivity index (χ4n) is 3.28. The standard InChI is InChI=1S/C14H21N3O2S/c1-9-12(13(15-2)20-16-9)14(18)17-7-8-19-11-6-4-3-5-10(11)17/h10-11,15H,3-8H2,1-2H3/t10-,11+/m0/s1. The summed E-state index contributed by atoms with van der Waals surface area (Å²) in [6, 6.07) is 0.244. The molecule has 2 fully saturated rings. The first-order valence-corrected chi connectivity index (χ1v) is 8.06. The van der Waals surface area contributed by atoms with Gasteiger partial charge in [-0.1, -0.05) is 12.8 Å². The lowest BCUT2D eigenvalue weighted by Crippen LogP contribution is -2.54. The first-order valence-electron chi connectivity index (χ1n) is 7.29. The van der Waals surface area contributed by atoms with E-state index in [9.17, 15) is 4.79 Å². The average Bonchev–Trinajstić information content (AvgIpc) is 2.87. The first kappa shape index (κ1) is 13.8. The molecule has 3 rings (SSSR count). The Morgan fingerprint density at radius 3 is 3.05 bits per heavy atom. The number of ether oxygens (including phenoxy) is 1. The Balaban J connectivity index is 1.87. The number of anilines is 1. The van der Waals surface area contributed by atoms with Gasteiger partial charge in [-0.3, -0.25) is 4.79 Å². The fourth-order valence-corrected chi connectivity index (χ4v) is 4.02. The molecule has 0 unspecified atom stereocenters. The monoisotopic (exact) mass is 295 g/mol. The molecule has 0 radical (unpaired) electrons. The van der Waals surface area contributed by atoms with Crippen molar-refractivity contribution >= 4 is 22.4 Å². The largest absolute Gasteiger partial charge is 0.378 e. The van der Waals surface area contributed by atoms with Crippen LogP contribution in [0.25, 0.3) is 0 Å².